The Morgan fingerprint density at radius 1 is 1.30 bits per heavy atom. The number of hydrogen-bond donors (Lipinski definition) is 1. The molecule has 55 valence electrons. The zero-order chi connectivity index (χ0) is 7.72. The van der Waals surface area contributed by atoms with Crippen LogP contribution < -0.4 is 0 Å². The fourth-order valence-electron chi connectivity index (χ4n) is 1.12. The molecule has 1 atom stereocenters. The lowest BCUT2D eigenvalue weighted by molar-refractivity contribution is -0.121. The summed E-state index contributed by atoms with van der Waals surface area (Å²) >= 11 is 0. The van der Waals surface area contributed by atoms with Crippen LogP contribution >= 0.6 is 0 Å². The first-order chi connectivity index (χ1) is 4.63. The van der Waals surface area contributed by atoms with E-state index in [1.165, 1.54) is 6.92 Å². The van der Waals surface area contributed by atoms with Crippen molar-refractivity contribution in [1.82, 2.24) is 0 Å². The Hall–Kier alpha value is -0.700. The molecule has 0 spiro atoms. The molecule has 1 fully saturated rings. The van der Waals surface area contributed by atoms with Gasteiger partial charge in [-0.3, -0.25) is 9.59 Å². The van der Waals surface area contributed by atoms with Gasteiger partial charge in [0.05, 0.1) is 6.10 Å². The molecule has 3 nitrogen and oxygen atoms in total. The molecule has 1 unspecified atom stereocenters. The van der Waals surface area contributed by atoms with Gasteiger partial charge in [0.2, 0.25) is 0 Å². The van der Waals surface area contributed by atoms with E-state index in [9.17, 15) is 9.59 Å². The molecule has 1 saturated carbocycles. The summed E-state index contributed by atoms with van der Waals surface area (Å²) in [6.07, 6.45) is -0.333. The fourth-order valence-corrected chi connectivity index (χ4v) is 1.12. The van der Waals surface area contributed by atoms with Gasteiger partial charge in [-0.1, -0.05) is 0 Å². The number of carbonyl (C=O) groups is 2. The van der Waals surface area contributed by atoms with Gasteiger partial charge in [0.15, 0.2) is 11.6 Å². The minimum absolute atomic E-state index is 0.0833. The van der Waals surface area contributed by atoms with Crippen molar-refractivity contribution in [2.45, 2.75) is 25.9 Å². The van der Waals surface area contributed by atoms with Gasteiger partial charge >= 0.3 is 0 Å². The number of aliphatic hydroxyl groups excluding tert-OH is 1. The zero-order valence-electron chi connectivity index (χ0n) is 5.76. The van der Waals surface area contributed by atoms with E-state index in [1.807, 2.05) is 0 Å². The molecule has 0 heterocycles. The van der Waals surface area contributed by atoms with Crippen LogP contribution in [0.3, 0.4) is 0 Å². The van der Waals surface area contributed by atoms with E-state index in [4.69, 9.17) is 5.11 Å². The highest BCUT2D eigenvalue weighted by molar-refractivity contribution is 6.22. The summed E-state index contributed by atoms with van der Waals surface area (Å²) in [6.45, 7) is 1.44. The molecule has 0 bridgehead atoms. The van der Waals surface area contributed by atoms with Crippen LogP contribution in [0.2, 0.25) is 0 Å². The monoisotopic (exact) mass is 141 g/mol. The van der Waals surface area contributed by atoms with Crippen LogP contribution in [-0.4, -0.2) is 22.8 Å². The van der Waals surface area contributed by atoms with E-state index < -0.39 is 6.10 Å². The van der Waals surface area contributed by atoms with Gasteiger partial charge in [0.25, 0.3) is 0 Å². The van der Waals surface area contributed by atoms with E-state index >= 15 is 0 Å². The first-order valence-corrected chi connectivity index (χ1v) is 3.24. The Balaban J connectivity index is 2.72. The maximum atomic E-state index is 10.8. The highest BCUT2D eigenvalue weighted by Gasteiger charge is 2.37. The third-order valence-corrected chi connectivity index (χ3v) is 1.60. The number of hydrogen-bond acceptors (Lipinski definition) is 3. The van der Waals surface area contributed by atoms with E-state index in [-0.39, 0.29) is 30.3 Å². The van der Waals surface area contributed by atoms with Crippen LogP contribution in [-0.2, 0) is 9.59 Å². The molecule has 0 saturated heterocycles. The Labute approximate surface area is 59.0 Å². The third kappa shape index (κ3) is 1.09. The lowest BCUT2D eigenvalue weighted by atomic mass is 10.0. The van der Waals surface area contributed by atoms with Crippen LogP contribution in [0, 0.1) is 5.92 Å². The van der Waals surface area contributed by atoms with Crippen LogP contribution in [0.25, 0.3) is 0 Å². The number of ketones is 2. The molecular formula is C7H9O3. The lowest BCUT2D eigenvalue weighted by Gasteiger charge is -2.06. The van der Waals surface area contributed by atoms with Gasteiger partial charge in [-0.05, 0) is 6.92 Å². The molecule has 0 aromatic rings. The molecule has 1 aliphatic carbocycles. The van der Waals surface area contributed by atoms with Crippen molar-refractivity contribution in [2.75, 3.05) is 0 Å². The summed E-state index contributed by atoms with van der Waals surface area (Å²) in [6, 6.07) is 0. The number of Topliss-reactive ketones (excluding diaryl/α,β-unsaturated/α-hetero) is 2. The quantitative estimate of drug-likeness (QED) is 0.553. The molecular weight excluding hydrogens is 132 g/mol. The zero-order valence-corrected chi connectivity index (χ0v) is 5.76. The average Bonchev–Trinajstić information content (AvgIpc) is 2.11. The molecule has 0 aromatic heterocycles. The Morgan fingerprint density at radius 3 is 1.90 bits per heavy atom. The Kier molecular flexibility index (Phi) is 1.85. The fraction of sp³-hybridized carbons (Fsp3) is 0.571. The summed E-state index contributed by atoms with van der Waals surface area (Å²) in [7, 11) is 0. The molecule has 1 radical (unpaired) electrons. The van der Waals surface area contributed by atoms with E-state index in [0.717, 1.165) is 0 Å². The standard InChI is InChI=1S/C7H9O3/c1-4(8)7-5(9)2-3-6(7)10/h4,8H,2-3H2,1H3. The maximum Gasteiger partial charge on any atom is 0.151 e. The number of rotatable bonds is 1. The van der Waals surface area contributed by atoms with Gasteiger partial charge in [0.1, 0.15) is 5.92 Å². The summed E-state index contributed by atoms with van der Waals surface area (Å²) in [4.78, 5) is 21.6. The second-order valence-corrected chi connectivity index (χ2v) is 2.44. The summed E-state index contributed by atoms with van der Waals surface area (Å²) in [5.41, 5.74) is 0. The summed E-state index contributed by atoms with van der Waals surface area (Å²) in [5, 5.41) is 8.91. The number of aliphatic hydroxyl groups is 1. The highest BCUT2D eigenvalue weighted by atomic mass is 16.3. The van der Waals surface area contributed by atoms with E-state index in [0.29, 0.717) is 0 Å². The van der Waals surface area contributed by atoms with Crippen molar-refractivity contribution >= 4 is 11.6 Å². The van der Waals surface area contributed by atoms with Gasteiger partial charge in [-0.2, -0.15) is 0 Å². The van der Waals surface area contributed by atoms with Crippen molar-refractivity contribution in [1.29, 1.82) is 0 Å². The predicted molar refractivity (Wildman–Crippen MR) is 34.2 cm³/mol. The summed E-state index contributed by atoms with van der Waals surface area (Å²) in [5.74, 6) is -0.306. The lowest BCUT2D eigenvalue weighted by Crippen LogP contribution is -2.24. The minimum atomic E-state index is -0.887. The van der Waals surface area contributed by atoms with Crippen molar-refractivity contribution < 1.29 is 14.7 Å². The molecule has 1 rings (SSSR count). The molecule has 0 amide bonds. The second kappa shape index (κ2) is 2.50. The van der Waals surface area contributed by atoms with Gasteiger partial charge < -0.3 is 5.11 Å². The first-order valence-electron chi connectivity index (χ1n) is 3.24. The van der Waals surface area contributed by atoms with Crippen molar-refractivity contribution in [2.24, 2.45) is 0 Å². The van der Waals surface area contributed by atoms with Crippen LogP contribution in [0.1, 0.15) is 19.8 Å². The topological polar surface area (TPSA) is 54.4 Å². The van der Waals surface area contributed by atoms with Gasteiger partial charge in [-0.15, -0.1) is 0 Å². The predicted octanol–water partition coefficient (Wildman–Crippen LogP) is -0.126. The van der Waals surface area contributed by atoms with E-state index in [1.54, 1.807) is 0 Å². The number of carbonyl (C=O) groups excluding carboxylic acids is 2. The SMILES string of the molecule is CC(O)[C]1C(=O)CCC1=O. The molecule has 10 heavy (non-hydrogen) atoms. The van der Waals surface area contributed by atoms with Gasteiger partial charge in [0, 0.05) is 12.8 Å². The summed E-state index contributed by atoms with van der Waals surface area (Å²) < 4.78 is 0. The van der Waals surface area contributed by atoms with Crippen LogP contribution in [0.5, 0.6) is 0 Å². The van der Waals surface area contributed by atoms with Crippen LogP contribution in [0.4, 0.5) is 0 Å². The first kappa shape index (κ1) is 7.41. The minimum Gasteiger partial charge on any atom is -0.392 e. The highest BCUT2D eigenvalue weighted by Crippen LogP contribution is 2.22. The molecule has 0 aromatic carbocycles. The molecule has 3 heteroatoms. The largest absolute Gasteiger partial charge is 0.392 e. The van der Waals surface area contributed by atoms with Crippen molar-refractivity contribution in [3.63, 3.8) is 0 Å². The van der Waals surface area contributed by atoms with Crippen LogP contribution in [0.15, 0.2) is 0 Å². The third-order valence-electron chi connectivity index (χ3n) is 1.60. The smallest absolute Gasteiger partial charge is 0.151 e. The van der Waals surface area contributed by atoms with Crippen molar-refractivity contribution in [3.8, 4) is 0 Å². The Morgan fingerprint density at radius 2 is 1.70 bits per heavy atom. The molecule has 0 aliphatic heterocycles. The average molecular weight is 141 g/mol. The second-order valence-electron chi connectivity index (χ2n) is 2.44. The maximum absolute atomic E-state index is 10.8. The normalized spacial score (nSPS) is 23.8. The van der Waals surface area contributed by atoms with Gasteiger partial charge in [-0.25, -0.2) is 0 Å². The van der Waals surface area contributed by atoms with E-state index in [2.05, 4.69) is 0 Å². The Bertz CT molecular complexity index is 156. The van der Waals surface area contributed by atoms with Crippen molar-refractivity contribution in [3.05, 3.63) is 5.92 Å². The molecule has 1 aliphatic rings. The molecule has 1 N–H and O–H groups in total.